The van der Waals surface area contributed by atoms with Crippen molar-refractivity contribution in [2.75, 3.05) is 6.54 Å². The fourth-order valence-electron chi connectivity index (χ4n) is 1.87. The number of carbonyl (C=O) groups is 1. The molecule has 0 fully saturated rings. The van der Waals surface area contributed by atoms with Crippen LogP contribution in [0.3, 0.4) is 0 Å². The molecule has 6 nitrogen and oxygen atoms in total. The molecule has 2 heterocycles. The second-order valence-corrected chi connectivity index (χ2v) is 4.22. The van der Waals surface area contributed by atoms with Crippen molar-refractivity contribution in [1.82, 2.24) is 25.1 Å². The quantitative estimate of drug-likeness (QED) is 0.679. The Morgan fingerprint density at radius 2 is 2.38 bits per heavy atom. The molecule has 0 radical (unpaired) electrons. The molecule has 1 aromatic rings. The molecule has 16 heavy (non-hydrogen) atoms. The van der Waals surface area contributed by atoms with E-state index in [4.69, 9.17) is 0 Å². The van der Waals surface area contributed by atoms with Gasteiger partial charge in [0, 0.05) is 6.54 Å². The van der Waals surface area contributed by atoms with Crippen LogP contribution in [0, 0.1) is 5.92 Å². The summed E-state index contributed by atoms with van der Waals surface area (Å²) in [5.74, 6) is 0.479. The highest BCUT2D eigenvalue weighted by Crippen LogP contribution is 2.18. The van der Waals surface area contributed by atoms with Gasteiger partial charge in [-0.3, -0.25) is 4.79 Å². The third-order valence-corrected chi connectivity index (χ3v) is 2.69. The van der Waals surface area contributed by atoms with Crippen molar-refractivity contribution in [3.63, 3.8) is 0 Å². The van der Waals surface area contributed by atoms with Crippen molar-refractivity contribution in [3.05, 3.63) is 18.5 Å². The molecule has 1 atom stereocenters. The van der Waals surface area contributed by atoms with E-state index in [1.54, 1.807) is 0 Å². The van der Waals surface area contributed by atoms with Crippen molar-refractivity contribution in [1.29, 1.82) is 0 Å². The Kier molecular flexibility index (Phi) is 2.98. The van der Waals surface area contributed by atoms with E-state index in [0.29, 0.717) is 12.5 Å². The van der Waals surface area contributed by atoms with Crippen LogP contribution in [-0.2, 0) is 11.3 Å². The van der Waals surface area contributed by atoms with Crippen LogP contribution in [0.1, 0.15) is 13.8 Å². The lowest BCUT2D eigenvalue weighted by molar-refractivity contribution is -0.133. The van der Waals surface area contributed by atoms with E-state index in [1.165, 1.54) is 11.0 Å². The van der Waals surface area contributed by atoms with Crippen molar-refractivity contribution >= 4 is 5.91 Å². The largest absolute Gasteiger partial charge is 0.331 e. The number of hydrogen-bond acceptors (Lipinski definition) is 4. The topological polar surface area (TPSA) is 63.9 Å². The van der Waals surface area contributed by atoms with Crippen LogP contribution in [0.5, 0.6) is 0 Å². The number of amides is 1. The van der Waals surface area contributed by atoms with Crippen molar-refractivity contribution in [2.24, 2.45) is 5.92 Å². The average molecular weight is 221 g/mol. The van der Waals surface area contributed by atoms with E-state index in [9.17, 15) is 4.79 Å². The van der Waals surface area contributed by atoms with Crippen LogP contribution >= 0.6 is 0 Å². The van der Waals surface area contributed by atoms with Gasteiger partial charge in [0.25, 0.3) is 0 Å². The van der Waals surface area contributed by atoms with E-state index in [0.717, 1.165) is 0 Å². The zero-order valence-electron chi connectivity index (χ0n) is 9.45. The molecular weight excluding hydrogens is 206 g/mol. The second kappa shape index (κ2) is 4.42. The molecule has 0 saturated carbocycles. The summed E-state index contributed by atoms with van der Waals surface area (Å²) >= 11 is 0. The summed E-state index contributed by atoms with van der Waals surface area (Å²) in [4.78, 5) is 13.9. The maximum Gasteiger partial charge on any atom is 0.245 e. The third-order valence-electron chi connectivity index (χ3n) is 2.69. The fourth-order valence-corrected chi connectivity index (χ4v) is 1.87. The van der Waals surface area contributed by atoms with Gasteiger partial charge in [-0.1, -0.05) is 26.0 Å². The predicted octanol–water partition coefficient (Wildman–Crippen LogP) is 0.0961. The van der Waals surface area contributed by atoms with Crippen LogP contribution < -0.4 is 0 Å². The summed E-state index contributed by atoms with van der Waals surface area (Å²) in [7, 11) is 0. The standard InChI is InChI=1S/C10H15N5O/c1-8(2)9-4-3-5-15(9)10(16)6-14-7-11-12-13-14/h3-4,7-9H,5-6H2,1-2H3. The first-order chi connectivity index (χ1) is 7.68. The Bertz CT molecular complexity index is 384. The number of aromatic nitrogens is 4. The zero-order chi connectivity index (χ0) is 11.5. The summed E-state index contributed by atoms with van der Waals surface area (Å²) in [6.07, 6.45) is 5.57. The van der Waals surface area contributed by atoms with Gasteiger partial charge in [0.15, 0.2) is 0 Å². The molecule has 1 aromatic heterocycles. The van der Waals surface area contributed by atoms with Gasteiger partial charge in [0.1, 0.15) is 12.9 Å². The van der Waals surface area contributed by atoms with Gasteiger partial charge in [0.2, 0.25) is 5.91 Å². The monoisotopic (exact) mass is 221 g/mol. The molecule has 1 aliphatic heterocycles. The van der Waals surface area contributed by atoms with Crippen LogP contribution in [0.15, 0.2) is 18.5 Å². The maximum atomic E-state index is 12.0. The summed E-state index contributed by atoms with van der Waals surface area (Å²) in [5.41, 5.74) is 0. The summed E-state index contributed by atoms with van der Waals surface area (Å²) in [5, 5.41) is 10.7. The number of rotatable bonds is 3. The van der Waals surface area contributed by atoms with Gasteiger partial charge in [-0.25, -0.2) is 4.68 Å². The van der Waals surface area contributed by atoms with E-state index >= 15 is 0 Å². The van der Waals surface area contributed by atoms with Crippen LogP contribution in [0.2, 0.25) is 0 Å². The molecule has 86 valence electrons. The number of hydrogen-bond donors (Lipinski definition) is 0. The van der Waals surface area contributed by atoms with Crippen LogP contribution in [-0.4, -0.2) is 43.6 Å². The maximum absolute atomic E-state index is 12.0. The lowest BCUT2D eigenvalue weighted by Crippen LogP contribution is -2.40. The molecule has 1 unspecified atom stereocenters. The zero-order valence-corrected chi connectivity index (χ0v) is 9.45. The molecular formula is C10H15N5O. The highest BCUT2D eigenvalue weighted by Gasteiger charge is 2.26. The second-order valence-electron chi connectivity index (χ2n) is 4.22. The summed E-state index contributed by atoms with van der Waals surface area (Å²) in [6, 6.07) is 0.198. The molecule has 1 amide bonds. The minimum atomic E-state index is 0.0519. The number of tetrazole rings is 1. The third kappa shape index (κ3) is 2.10. The predicted molar refractivity (Wildman–Crippen MR) is 57.3 cm³/mol. The van der Waals surface area contributed by atoms with Crippen molar-refractivity contribution in [3.8, 4) is 0 Å². The van der Waals surface area contributed by atoms with E-state index in [1.807, 2.05) is 11.0 Å². The SMILES string of the molecule is CC(C)C1C=CCN1C(=O)Cn1cnnn1. The van der Waals surface area contributed by atoms with E-state index < -0.39 is 0 Å². The first-order valence-electron chi connectivity index (χ1n) is 5.35. The normalized spacial score (nSPS) is 19.7. The molecule has 1 aliphatic rings. The number of carbonyl (C=O) groups excluding carboxylic acids is 1. The Morgan fingerprint density at radius 3 is 3.00 bits per heavy atom. The Morgan fingerprint density at radius 1 is 1.56 bits per heavy atom. The summed E-state index contributed by atoms with van der Waals surface area (Å²) < 4.78 is 1.44. The Hall–Kier alpha value is -1.72. The average Bonchev–Trinajstić information content (AvgIpc) is 2.86. The first-order valence-corrected chi connectivity index (χ1v) is 5.35. The smallest absolute Gasteiger partial charge is 0.245 e. The van der Waals surface area contributed by atoms with Gasteiger partial charge in [0.05, 0.1) is 6.04 Å². The molecule has 0 bridgehead atoms. The van der Waals surface area contributed by atoms with E-state index in [-0.39, 0.29) is 18.5 Å². The molecule has 6 heteroatoms. The highest BCUT2D eigenvalue weighted by atomic mass is 16.2. The lowest BCUT2D eigenvalue weighted by atomic mass is 10.0. The Labute approximate surface area is 93.9 Å². The minimum absolute atomic E-state index is 0.0519. The molecule has 2 rings (SSSR count). The first kappa shape index (κ1) is 10.8. The summed E-state index contributed by atoms with van der Waals surface area (Å²) in [6.45, 7) is 5.11. The van der Waals surface area contributed by atoms with Crippen molar-refractivity contribution in [2.45, 2.75) is 26.4 Å². The fraction of sp³-hybridized carbons (Fsp3) is 0.600. The number of nitrogens with zero attached hydrogens (tertiary/aromatic N) is 5. The van der Waals surface area contributed by atoms with Crippen LogP contribution in [0.4, 0.5) is 0 Å². The van der Waals surface area contributed by atoms with Crippen LogP contribution in [0.25, 0.3) is 0 Å². The van der Waals surface area contributed by atoms with E-state index in [2.05, 4.69) is 35.4 Å². The van der Waals surface area contributed by atoms with Gasteiger partial charge in [-0.2, -0.15) is 0 Å². The minimum Gasteiger partial charge on any atom is -0.331 e. The highest BCUT2D eigenvalue weighted by molar-refractivity contribution is 5.77. The molecule has 0 N–H and O–H groups in total. The lowest BCUT2D eigenvalue weighted by Gasteiger charge is -2.27. The molecule has 0 aromatic carbocycles. The van der Waals surface area contributed by atoms with Gasteiger partial charge < -0.3 is 4.90 Å². The van der Waals surface area contributed by atoms with Gasteiger partial charge in [-0.15, -0.1) is 5.10 Å². The molecule has 0 aliphatic carbocycles. The Balaban J connectivity index is 2.00. The molecule has 0 spiro atoms. The van der Waals surface area contributed by atoms with Crippen molar-refractivity contribution < 1.29 is 4.79 Å². The van der Waals surface area contributed by atoms with Gasteiger partial charge in [-0.05, 0) is 16.3 Å². The molecule has 0 saturated heterocycles. The van der Waals surface area contributed by atoms with Gasteiger partial charge >= 0.3 is 0 Å².